The van der Waals surface area contributed by atoms with Crippen LogP contribution in [0.2, 0.25) is 0 Å². The van der Waals surface area contributed by atoms with Crippen LogP contribution in [0.5, 0.6) is 5.75 Å². The van der Waals surface area contributed by atoms with E-state index >= 15 is 0 Å². The van der Waals surface area contributed by atoms with E-state index in [-0.39, 0.29) is 12.5 Å². The Morgan fingerprint density at radius 1 is 1.30 bits per heavy atom. The highest BCUT2D eigenvalue weighted by atomic mass is 16.5. The van der Waals surface area contributed by atoms with Gasteiger partial charge in [0, 0.05) is 7.05 Å². The Bertz CT molecular complexity index is 575. The third-order valence-corrected chi connectivity index (χ3v) is 3.08. The highest BCUT2D eigenvalue weighted by molar-refractivity contribution is 5.77. The minimum Gasteiger partial charge on any atom is -0.484 e. The summed E-state index contributed by atoms with van der Waals surface area (Å²) in [5, 5.41) is 0. The average molecular weight is 273 g/mol. The molecule has 2 rings (SSSR count). The molecule has 0 unspecified atom stereocenters. The molecular formula is C16H19NO3. The zero-order chi connectivity index (χ0) is 14.5. The second kappa shape index (κ2) is 6.28. The molecule has 1 heterocycles. The molecule has 20 heavy (non-hydrogen) atoms. The summed E-state index contributed by atoms with van der Waals surface area (Å²) in [5.41, 5.74) is 2.21. The normalized spacial score (nSPS) is 10.3. The molecule has 1 aromatic heterocycles. The molecule has 0 saturated heterocycles. The van der Waals surface area contributed by atoms with Crippen LogP contribution in [0.25, 0.3) is 0 Å². The monoisotopic (exact) mass is 273 g/mol. The van der Waals surface area contributed by atoms with Crippen molar-refractivity contribution in [1.82, 2.24) is 4.90 Å². The molecule has 0 aliphatic carbocycles. The van der Waals surface area contributed by atoms with E-state index in [1.54, 1.807) is 24.3 Å². The largest absolute Gasteiger partial charge is 0.484 e. The summed E-state index contributed by atoms with van der Waals surface area (Å²) in [6, 6.07) is 9.55. The summed E-state index contributed by atoms with van der Waals surface area (Å²) in [5.74, 6) is 1.42. The zero-order valence-electron chi connectivity index (χ0n) is 12.1. The average Bonchev–Trinajstić information content (AvgIpc) is 2.90. The van der Waals surface area contributed by atoms with Gasteiger partial charge in [0.15, 0.2) is 6.61 Å². The van der Waals surface area contributed by atoms with Crippen LogP contribution >= 0.6 is 0 Å². The molecule has 4 heteroatoms. The van der Waals surface area contributed by atoms with Crippen LogP contribution in [0, 0.1) is 13.8 Å². The number of benzene rings is 1. The standard InChI is InChI=1S/C16H19NO3/c1-12-6-7-15(13(2)9-12)20-11-16(18)17(3)10-14-5-4-8-19-14/h4-9H,10-11H2,1-3H3. The summed E-state index contributed by atoms with van der Waals surface area (Å²) in [6.07, 6.45) is 1.60. The summed E-state index contributed by atoms with van der Waals surface area (Å²) in [6.45, 7) is 4.47. The van der Waals surface area contributed by atoms with Gasteiger partial charge >= 0.3 is 0 Å². The minimum absolute atomic E-state index is 0.0289. The molecule has 0 aliphatic rings. The number of nitrogens with zero attached hydrogens (tertiary/aromatic N) is 1. The number of rotatable bonds is 5. The van der Waals surface area contributed by atoms with Crippen molar-refractivity contribution in [3.05, 3.63) is 53.5 Å². The molecule has 0 atom stereocenters. The summed E-state index contributed by atoms with van der Waals surface area (Å²) < 4.78 is 10.8. The predicted molar refractivity (Wildman–Crippen MR) is 76.6 cm³/mol. The van der Waals surface area contributed by atoms with Crippen molar-refractivity contribution in [2.75, 3.05) is 13.7 Å². The Labute approximate surface area is 119 Å². The molecule has 2 aromatic rings. The quantitative estimate of drug-likeness (QED) is 0.841. The Balaban J connectivity index is 1.88. The molecule has 0 bridgehead atoms. The maximum Gasteiger partial charge on any atom is 0.260 e. The summed E-state index contributed by atoms with van der Waals surface area (Å²) in [4.78, 5) is 13.6. The van der Waals surface area contributed by atoms with E-state index in [4.69, 9.17) is 9.15 Å². The van der Waals surface area contributed by atoms with Crippen molar-refractivity contribution in [3.63, 3.8) is 0 Å². The van der Waals surface area contributed by atoms with Crippen molar-refractivity contribution >= 4 is 5.91 Å². The number of carbonyl (C=O) groups excluding carboxylic acids is 1. The fourth-order valence-corrected chi connectivity index (χ4v) is 1.94. The number of aryl methyl sites for hydroxylation is 2. The third-order valence-electron chi connectivity index (χ3n) is 3.08. The number of amides is 1. The van der Waals surface area contributed by atoms with E-state index in [0.717, 1.165) is 17.1 Å². The van der Waals surface area contributed by atoms with Crippen molar-refractivity contribution in [2.24, 2.45) is 0 Å². The van der Waals surface area contributed by atoms with Crippen LogP contribution in [0.3, 0.4) is 0 Å². The Hall–Kier alpha value is -2.23. The number of carbonyl (C=O) groups is 1. The van der Waals surface area contributed by atoms with Gasteiger partial charge in [0.2, 0.25) is 0 Å². The molecule has 4 nitrogen and oxygen atoms in total. The van der Waals surface area contributed by atoms with Crippen LogP contribution in [-0.4, -0.2) is 24.5 Å². The van der Waals surface area contributed by atoms with Crippen molar-refractivity contribution in [2.45, 2.75) is 20.4 Å². The van der Waals surface area contributed by atoms with Crippen molar-refractivity contribution in [1.29, 1.82) is 0 Å². The van der Waals surface area contributed by atoms with Crippen LogP contribution in [-0.2, 0) is 11.3 Å². The third kappa shape index (κ3) is 3.63. The first-order chi connectivity index (χ1) is 9.56. The lowest BCUT2D eigenvalue weighted by molar-refractivity contribution is -0.132. The Morgan fingerprint density at radius 3 is 2.75 bits per heavy atom. The summed E-state index contributed by atoms with van der Waals surface area (Å²) in [7, 11) is 1.73. The van der Waals surface area contributed by atoms with Gasteiger partial charge in [-0.15, -0.1) is 0 Å². The van der Waals surface area contributed by atoms with E-state index in [2.05, 4.69) is 0 Å². The molecule has 0 aliphatic heterocycles. The highest BCUT2D eigenvalue weighted by Gasteiger charge is 2.12. The van der Waals surface area contributed by atoms with Gasteiger partial charge in [-0.05, 0) is 37.6 Å². The molecule has 0 saturated carbocycles. The molecular weight excluding hydrogens is 254 g/mol. The van der Waals surface area contributed by atoms with Gasteiger partial charge in [0.25, 0.3) is 5.91 Å². The maximum absolute atomic E-state index is 12.0. The fraction of sp³-hybridized carbons (Fsp3) is 0.312. The predicted octanol–water partition coefficient (Wildman–Crippen LogP) is 2.93. The van der Waals surface area contributed by atoms with Crippen LogP contribution in [0.15, 0.2) is 41.0 Å². The molecule has 1 aromatic carbocycles. The lowest BCUT2D eigenvalue weighted by Crippen LogP contribution is -2.30. The Morgan fingerprint density at radius 2 is 2.10 bits per heavy atom. The van der Waals surface area contributed by atoms with E-state index in [9.17, 15) is 4.79 Å². The van der Waals surface area contributed by atoms with Crippen LogP contribution in [0.1, 0.15) is 16.9 Å². The second-order valence-corrected chi connectivity index (χ2v) is 4.89. The molecule has 0 radical (unpaired) electrons. The van der Waals surface area contributed by atoms with E-state index < -0.39 is 0 Å². The SMILES string of the molecule is Cc1ccc(OCC(=O)N(C)Cc2ccco2)c(C)c1. The molecule has 0 N–H and O–H groups in total. The first-order valence-electron chi connectivity index (χ1n) is 6.52. The number of ether oxygens (including phenoxy) is 1. The van der Waals surface area contributed by atoms with Crippen molar-refractivity contribution in [3.8, 4) is 5.75 Å². The number of hydrogen-bond donors (Lipinski definition) is 0. The zero-order valence-corrected chi connectivity index (χ0v) is 12.1. The van der Waals surface area contributed by atoms with Gasteiger partial charge < -0.3 is 14.1 Å². The van der Waals surface area contributed by atoms with Gasteiger partial charge in [-0.25, -0.2) is 0 Å². The van der Waals surface area contributed by atoms with Gasteiger partial charge in [0.1, 0.15) is 11.5 Å². The lowest BCUT2D eigenvalue weighted by Gasteiger charge is -2.16. The first-order valence-corrected chi connectivity index (χ1v) is 6.52. The number of likely N-dealkylation sites (N-methyl/N-ethyl adjacent to an activating group) is 1. The molecule has 106 valence electrons. The fourth-order valence-electron chi connectivity index (χ4n) is 1.94. The lowest BCUT2D eigenvalue weighted by atomic mass is 10.1. The Kier molecular flexibility index (Phi) is 4.45. The first kappa shape index (κ1) is 14.2. The molecule has 0 spiro atoms. The topological polar surface area (TPSA) is 42.7 Å². The van der Waals surface area contributed by atoms with Gasteiger partial charge in [-0.2, -0.15) is 0 Å². The van der Waals surface area contributed by atoms with Gasteiger partial charge in [-0.3, -0.25) is 4.79 Å². The molecule has 1 amide bonds. The van der Waals surface area contributed by atoms with Crippen molar-refractivity contribution < 1.29 is 13.9 Å². The summed E-state index contributed by atoms with van der Waals surface area (Å²) >= 11 is 0. The second-order valence-electron chi connectivity index (χ2n) is 4.89. The number of hydrogen-bond acceptors (Lipinski definition) is 3. The smallest absolute Gasteiger partial charge is 0.260 e. The molecule has 0 fully saturated rings. The maximum atomic E-state index is 12.0. The van der Waals surface area contributed by atoms with E-state index in [0.29, 0.717) is 6.54 Å². The van der Waals surface area contributed by atoms with Gasteiger partial charge in [-0.1, -0.05) is 17.7 Å². The van der Waals surface area contributed by atoms with E-state index in [1.165, 1.54) is 5.56 Å². The highest BCUT2D eigenvalue weighted by Crippen LogP contribution is 2.18. The minimum atomic E-state index is -0.0821. The van der Waals surface area contributed by atoms with Crippen LogP contribution < -0.4 is 4.74 Å². The van der Waals surface area contributed by atoms with E-state index in [1.807, 2.05) is 38.1 Å². The van der Waals surface area contributed by atoms with Crippen LogP contribution in [0.4, 0.5) is 0 Å². The number of furan rings is 1. The van der Waals surface area contributed by atoms with Gasteiger partial charge in [0.05, 0.1) is 12.8 Å².